The summed E-state index contributed by atoms with van der Waals surface area (Å²) in [5.74, 6) is -1.87. The fourth-order valence-corrected chi connectivity index (χ4v) is 5.32. The van der Waals surface area contributed by atoms with E-state index in [1.54, 1.807) is 0 Å². The molecule has 0 aliphatic heterocycles. The van der Waals surface area contributed by atoms with Gasteiger partial charge in [0.2, 0.25) is 0 Å². The van der Waals surface area contributed by atoms with Crippen LogP contribution in [0.4, 0.5) is 0 Å². The Kier molecular flexibility index (Phi) is 44.4. The Bertz CT molecular complexity index is 512. The van der Waals surface area contributed by atoms with Crippen LogP contribution in [0.2, 0.25) is 0 Å². The predicted octanol–water partition coefficient (Wildman–Crippen LogP) is 7.56. The normalized spacial score (nSPS) is 12.2. The second-order valence-corrected chi connectivity index (χ2v) is 12.5. The Morgan fingerprint density at radius 2 is 0.628 bits per heavy atom. The van der Waals surface area contributed by atoms with Crippen molar-refractivity contribution in [2.24, 2.45) is 0 Å². The first-order valence-corrected chi connectivity index (χ1v) is 18.1. The number of aliphatic hydroxyl groups excluding tert-OH is 2. The maximum atomic E-state index is 10.2. The molecule has 2 N–H and O–H groups in total. The number of carbonyl (C=O) groups excluding carboxylic acids is 2. The first-order valence-electron chi connectivity index (χ1n) is 18.1. The van der Waals surface area contributed by atoms with E-state index >= 15 is 0 Å². The zero-order valence-corrected chi connectivity index (χ0v) is 30.8. The summed E-state index contributed by atoms with van der Waals surface area (Å²) in [6, 6.07) is 0. The Morgan fingerprint density at radius 1 is 0.419 bits per heavy atom. The zero-order chi connectivity index (χ0) is 31.5. The summed E-state index contributed by atoms with van der Waals surface area (Å²) in [6.07, 6.45) is 31.7. The van der Waals surface area contributed by atoms with Crippen LogP contribution in [0.15, 0.2) is 0 Å². The van der Waals surface area contributed by atoms with E-state index in [1.165, 1.54) is 64.2 Å². The van der Waals surface area contributed by atoms with Gasteiger partial charge in [-0.1, -0.05) is 155 Å². The van der Waals surface area contributed by atoms with Gasteiger partial charge in [-0.3, -0.25) is 0 Å². The van der Waals surface area contributed by atoms with E-state index in [-0.39, 0.29) is 62.8 Å². The van der Waals surface area contributed by atoms with E-state index in [9.17, 15) is 30.0 Å². The minimum Gasteiger partial charge on any atom is -0.550 e. The molecule has 2 atom stereocenters. The number of hydrogen-bond donors (Lipinski definition) is 2. The Balaban J connectivity index is -0.000000727. The second-order valence-electron chi connectivity index (χ2n) is 12.5. The molecule has 0 radical (unpaired) electrons. The molecule has 7 heteroatoms. The molecular formula is C36H70CaO6. The van der Waals surface area contributed by atoms with Crippen molar-refractivity contribution in [2.75, 3.05) is 0 Å². The van der Waals surface area contributed by atoms with Crippen molar-refractivity contribution in [1.29, 1.82) is 0 Å². The van der Waals surface area contributed by atoms with E-state index in [0.717, 1.165) is 116 Å². The number of carbonyl (C=O) groups is 2. The number of aliphatic carboxylic acids is 2. The molecule has 2 unspecified atom stereocenters. The second kappa shape index (κ2) is 40.1. The molecule has 0 rings (SSSR count). The molecule has 0 amide bonds. The van der Waals surface area contributed by atoms with Crippen LogP contribution in [0, 0.1) is 0 Å². The number of carboxylic acid groups (broad SMARTS) is 2. The number of aliphatic hydroxyl groups is 2. The fourth-order valence-electron chi connectivity index (χ4n) is 5.32. The topological polar surface area (TPSA) is 121 Å². The summed E-state index contributed by atoms with van der Waals surface area (Å²) in [4.78, 5) is 20.5. The third kappa shape index (κ3) is 46.7. The van der Waals surface area contributed by atoms with E-state index in [2.05, 4.69) is 13.8 Å². The Labute approximate surface area is 296 Å². The van der Waals surface area contributed by atoms with Crippen LogP contribution in [-0.4, -0.2) is 72.1 Å². The van der Waals surface area contributed by atoms with Crippen LogP contribution in [0.3, 0.4) is 0 Å². The van der Waals surface area contributed by atoms with Crippen LogP contribution in [0.5, 0.6) is 0 Å². The quantitative estimate of drug-likeness (QED) is 0.0580. The molecule has 0 fully saturated rings. The smallest absolute Gasteiger partial charge is 0.550 e. The van der Waals surface area contributed by atoms with Crippen LogP contribution in [0.1, 0.15) is 206 Å². The SMILES string of the molecule is CCCCCCCCC(O)CCCCCCCCC(=O)[O-].CCCCCCCCC(O)CCCCCCCCC(=O)[O-].[Ca+2]. The molecule has 0 bridgehead atoms. The van der Waals surface area contributed by atoms with Crippen molar-refractivity contribution in [3.63, 3.8) is 0 Å². The molecule has 0 aromatic heterocycles. The minimum atomic E-state index is -0.937. The third-order valence-corrected chi connectivity index (χ3v) is 8.12. The van der Waals surface area contributed by atoms with Gasteiger partial charge in [-0.2, -0.15) is 0 Å². The molecule has 0 saturated carbocycles. The van der Waals surface area contributed by atoms with E-state index in [1.807, 2.05) is 0 Å². The van der Waals surface area contributed by atoms with Crippen molar-refractivity contribution in [1.82, 2.24) is 0 Å². The van der Waals surface area contributed by atoms with Crippen molar-refractivity contribution in [2.45, 2.75) is 219 Å². The predicted molar refractivity (Wildman–Crippen MR) is 178 cm³/mol. The summed E-state index contributed by atoms with van der Waals surface area (Å²) in [7, 11) is 0. The van der Waals surface area contributed by atoms with Crippen molar-refractivity contribution in [3.05, 3.63) is 0 Å². The number of hydrogen-bond acceptors (Lipinski definition) is 6. The molecule has 0 aliphatic carbocycles. The van der Waals surface area contributed by atoms with Gasteiger partial charge in [0.25, 0.3) is 0 Å². The summed E-state index contributed by atoms with van der Waals surface area (Å²) >= 11 is 0. The van der Waals surface area contributed by atoms with Gasteiger partial charge < -0.3 is 30.0 Å². The Hall–Kier alpha value is 0.120. The standard InChI is InChI=1S/2C18H36O3.Ca/c2*1-2-3-4-5-8-11-14-17(19)15-12-9-6-7-10-13-16-18(20)21;/h2*17,19H,2-16H2,1H3,(H,20,21);/q;;+2/p-2. The number of rotatable bonds is 32. The Morgan fingerprint density at radius 3 is 0.860 bits per heavy atom. The van der Waals surface area contributed by atoms with Crippen LogP contribution in [0.25, 0.3) is 0 Å². The van der Waals surface area contributed by atoms with Gasteiger partial charge in [-0.15, -0.1) is 0 Å². The molecule has 0 heterocycles. The number of unbranched alkanes of at least 4 members (excludes halogenated alkanes) is 20. The summed E-state index contributed by atoms with van der Waals surface area (Å²) in [5.41, 5.74) is 0. The average Bonchev–Trinajstić information content (AvgIpc) is 2.95. The number of carboxylic acids is 2. The molecular weight excluding hydrogens is 568 g/mol. The van der Waals surface area contributed by atoms with Crippen molar-refractivity contribution in [3.8, 4) is 0 Å². The van der Waals surface area contributed by atoms with E-state index in [0.29, 0.717) is 0 Å². The first kappa shape index (κ1) is 47.5. The average molecular weight is 639 g/mol. The van der Waals surface area contributed by atoms with Crippen LogP contribution < -0.4 is 10.2 Å². The largest absolute Gasteiger partial charge is 2.00 e. The molecule has 0 aromatic rings. The van der Waals surface area contributed by atoms with Gasteiger partial charge in [-0.25, -0.2) is 0 Å². The molecule has 0 spiro atoms. The molecule has 252 valence electrons. The third-order valence-electron chi connectivity index (χ3n) is 8.12. The van der Waals surface area contributed by atoms with Gasteiger partial charge in [0.1, 0.15) is 0 Å². The maximum Gasteiger partial charge on any atom is 2.00 e. The molecule has 43 heavy (non-hydrogen) atoms. The van der Waals surface area contributed by atoms with Crippen LogP contribution >= 0.6 is 0 Å². The van der Waals surface area contributed by atoms with Crippen molar-refractivity contribution < 1.29 is 30.0 Å². The monoisotopic (exact) mass is 638 g/mol. The molecule has 0 aliphatic rings. The molecule has 0 aromatic carbocycles. The first-order chi connectivity index (χ1) is 20.3. The summed E-state index contributed by atoms with van der Waals surface area (Å²) in [6.45, 7) is 4.46. The minimum absolute atomic E-state index is 0. The van der Waals surface area contributed by atoms with Gasteiger partial charge in [-0.05, 0) is 51.4 Å². The van der Waals surface area contributed by atoms with Crippen molar-refractivity contribution >= 4 is 49.7 Å². The van der Waals surface area contributed by atoms with Gasteiger partial charge in [0.15, 0.2) is 0 Å². The van der Waals surface area contributed by atoms with Gasteiger partial charge >= 0.3 is 37.7 Å². The summed E-state index contributed by atoms with van der Waals surface area (Å²) in [5, 5.41) is 40.2. The van der Waals surface area contributed by atoms with Gasteiger partial charge in [0, 0.05) is 11.9 Å². The fraction of sp³-hybridized carbons (Fsp3) is 0.944. The van der Waals surface area contributed by atoms with Crippen LogP contribution in [-0.2, 0) is 9.59 Å². The summed E-state index contributed by atoms with van der Waals surface area (Å²) < 4.78 is 0. The molecule has 6 nitrogen and oxygen atoms in total. The van der Waals surface area contributed by atoms with E-state index in [4.69, 9.17) is 0 Å². The maximum absolute atomic E-state index is 10.2. The van der Waals surface area contributed by atoms with Gasteiger partial charge in [0.05, 0.1) is 12.2 Å². The molecule has 0 saturated heterocycles. The zero-order valence-electron chi connectivity index (χ0n) is 28.6. The van der Waals surface area contributed by atoms with E-state index < -0.39 is 11.9 Å².